The van der Waals surface area contributed by atoms with Crippen LogP contribution in [0, 0.1) is 0 Å². The summed E-state index contributed by atoms with van der Waals surface area (Å²) < 4.78 is 16.3. The molecule has 2 aliphatic heterocycles. The maximum absolute atomic E-state index is 13.9. The number of fused-ring (bicyclic) bond motifs is 1. The molecule has 2 amide bonds. The first-order valence-corrected chi connectivity index (χ1v) is 15.3. The predicted octanol–water partition coefficient (Wildman–Crippen LogP) is 4.43. The summed E-state index contributed by atoms with van der Waals surface area (Å²) in [7, 11) is 1.27. The Balaban J connectivity index is 1.37. The van der Waals surface area contributed by atoms with Gasteiger partial charge in [-0.25, -0.2) is 9.59 Å². The quantitative estimate of drug-likeness (QED) is 0.190. The van der Waals surface area contributed by atoms with Crippen molar-refractivity contribution in [2.24, 2.45) is 0 Å². The highest BCUT2D eigenvalue weighted by atomic mass is 32.2. The maximum Gasteiger partial charge on any atom is 0.356 e. The average molecular weight is 617 g/mol. The number of esters is 2. The summed E-state index contributed by atoms with van der Waals surface area (Å²) in [4.78, 5) is 53.5. The van der Waals surface area contributed by atoms with Gasteiger partial charge in [0.05, 0.1) is 7.11 Å². The van der Waals surface area contributed by atoms with Gasteiger partial charge >= 0.3 is 11.9 Å². The van der Waals surface area contributed by atoms with Crippen molar-refractivity contribution in [3.63, 3.8) is 0 Å². The Morgan fingerprint density at radius 3 is 2.19 bits per heavy atom. The SMILES string of the molecule is COC(=O)/C=C\SC1=C(C(=O)OC(c2ccccc2)c2ccccc2)N2C(=O)[C@@H](NC(=O)COc3ccccc3)[C@@H]2SC1. The molecule has 1 fully saturated rings. The molecule has 2 heterocycles. The molecule has 11 heteroatoms. The molecule has 43 heavy (non-hydrogen) atoms. The highest BCUT2D eigenvalue weighted by molar-refractivity contribution is 8.08. The van der Waals surface area contributed by atoms with Crippen LogP contribution < -0.4 is 10.1 Å². The maximum atomic E-state index is 13.9. The Bertz CT molecular complexity index is 1490. The van der Waals surface area contributed by atoms with Crippen molar-refractivity contribution in [3.8, 4) is 5.75 Å². The zero-order valence-corrected chi connectivity index (χ0v) is 24.7. The first kappa shape index (κ1) is 30.0. The van der Waals surface area contributed by atoms with E-state index in [0.29, 0.717) is 16.4 Å². The van der Waals surface area contributed by atoms with E-state index in [1.54, 1.807) is 24.3 Å². The highest BCUT2D eigenvalue weighted by Crippen LogP contribution is 2.44. The van der Waals surface area contributed by atoms with E-state index in [0.717, 1.165) is 22.9 Å². The highest BCUT2D eigenvalue weighted by Gasteiger charge is 2.54. The van der Waals surface area contributed by atoms with E-state index in [9.17, 15) is 19.2 Å². The molecule has 3 aromatic carbocycles. The zero-order chi connectivity index (χ0) is 30.2. The van der Waals surface area contributed by atoms with Gasteiger partial charge in [0.1, 0.15) is 22.9 Å². The second kappa shape index (κ2) is 14.1. The molecule has 1 saturated heterocycles. The lowest BCUT2D eigenvalue weighted by atomic mass is 10.0. The molecule has 2 aliphatic rings. The Morgan fingerprint density at radius 1 is 0.977 bits per heavy atom. The lowest BCUT2D eigenvalue weighted by Crippen LogP contribution is -2.70. The summed E-state index contributed by atoms with van der Waals surface area (Å²) in [6, 6.07) is 26.7. The molecule has 0 saturated carbocycles. The van der Waals surface area contributed by atoms with Gasteiger partial charge in [-0.05, 0) is 28.7 Å². The van der Waals surface area contributed by atoms with Crippen molar-refractivity contribution < 1.29 is 33.4 Å². The molecule has 2 atom stereocenters. The summed E-state index contributed by atoms with van der Waals surface area (Å²) in [5.41, 5.74) is 1.61. The van der Waals surface area contributed by atoms with Gasteiger partial charge < -0.3 is 19.5 Å². The largest absolute Gasteiger partial charge is 0.484 e. The van der Waals surface area contributed by atoms with E-state index in [1.807, 2.05) is 66.7 Å². The van der Waals surface area contributed by atoms with Crippen LogP contribution in [0.3, 0.4) is 0 Å². The number of thioether (sulfide) groups is 2. The first-order chi connectivity index (χ1) is 21.0. The van der Waals surface area contributed by atoms with Crippen LogP contribution in [-0.2, 0) is 28.7 Å². The number of nitrogens with zero attached hydrogens (tertiary/aromatic N) is 1. The summed E-state index contributed by atoms with van der Waals surface area (Å²) in [6.07, 6.45) is 0.510. The van der Waals surface area contributed by atoms with Crippen LogP contribution in [0.25, 0.3) is 0 Å². The standard InChI is InChI=1S/C32H28N2O7S2/c1-39-26(36)17-18-42-24-20-43-31-27(33-25(35)19-40-23-15-9-4-10-16-23)30(37)34(31)28(24)32(38)41-29(21-11-5-2-6-12-21)22-13-7-3-8-14-22/h2-18,27,29,31H,19-20H2,1H3,(H,33,35)/b18-17-/t27-,31+/m1/s1. The number of amides is 2. The fourth-order valence-electron chi connectivity index (χ4n) is 4.54. The number of benzene rings is 3. The average Bonchev–Trinajstić information content (AvgIpc) is 3.05. The summed E-state index contributed by atoms with van der Waals surface area (Å²) in [5, 5.41) is 3.72. The molecule has 3 aromatic rings. The fraction of sp³-hybridized carbons (Fsp3) is 0.188. The molecule has 220 valence electrons. The van der Waals surface area contributed by atoms with Crippen LogP contribution in [0.1, 0.15) is 17.2 Å². The number of hydrogen-bond donors (Lipinski definition) is 1. The Hall–Kier alpha value is -4.48. The summed E-state index contributed by atoms with van der Waals surface area (Å²) in [5.74, 6) is -1.25. The third-order valence-corrected chi connectivity index (χ3v) is 8.96. The van der Waals surface area contributed by atoms with Crippen LogP contribution in [0.5, 0.6) is 5.75 Å². The predicted molar refractivity (Wildman–Crippen MR) is 164 cm³/mol. The van der Waals surface area contributed by atoms with E-state index in [1.165, 1.54) is 35.3 Å². The third-order valence-electron chi connectivity index (χ3n) is 6.60. The second-order valence-corrected chi connectivity index (χ2v) is 11.5. The Kier molecular flexibility index (Phi) is 9.85. The lowest BCUT2D eigenvalue weighted by Gasteiger charge is -2.49. The van der Waals surface area contributed by atoms with E-state index in [2.05, 4.69) is 10.1 Å². The molecule has 5 rings (SSSR count). The van der Waals surface area contributed by atoms with Crippen molar-refractivity contribution in [3.05, 3.63) is 124 Å². The van der Waals surface area contributed by atoms with Gasteiger partial charge in [0, 0.05) is 16.7 Å². The molecule has 0 bridgehead atoms. The van der Waals surface area contributed by atoms with Crippen molar-refractivity contribution in [1.82, 2.24) is 10.2 Å². The number of β-lactam (4-membered cyclic amide) rings is 1. The van der Waals surface area contributed by atoms with Gasteiger partial charge in [0.25, 0.3) is 11.8 Å². The van der Waals surface area contributed by atoms with Crippen molar-refractivity contribution in [2.45, 2.75) is 17.5 Å². The molecular weight excluding hydrogens is 588 g/mol. The third kappa shape index (κ3) is 7.12. The Labute approximate surface area is 257 Å². The van der Waals surface area contributed by atoms with E-state index in [4.69, 9.17) is 9.47 Å². The molecule has 9 nitrogen and oxygen atoms in total. The molecule has 0 unspecified atom stereocenters. The minimum atomic E-state index is -0.837. The van der Waals surface area contributed by atoms with E-state index < -0.39 is 41.3 Å². The fourth-order valence-corrected chi connectivity index (χ4v) is 6.85. The second-order valence-electron chi connectivity index (χ2n) is 9.38. The topological polar surface area (TPSA) is 111 Å². The van der Waals surface area contributed by atoms with Crippen LogP contribution >= 0.6 is 23.5 Å². The van der Waals surface area contributed by atoms with Crippen LogP contribution in [0.2, 0.25) is 0 Å². The van der Waals surface area contributed by atoms with Crippen LogP contribution in [-0.4, -0.2) is 59.5 Å². The molecule has 0 radical (unpaired) electrons. The first-order valence-electron chi connectivity index (χ1n) is 13.3. The number of methoxy groups -OCH3 is 1. The van der Waals surface area contributed by atoms with Gasteiger partial charge in [-0.1, -0.05) is 90.6 Å². The number of nitrogens with one attached hydrogen (secondary N) is 1. The molecule has 0 spiro atoms. The molecule has 0 aromatic heterocycles. The zero-order valence-electron chi connectivity index (χ0n) is 23.1. The number of ether oxygens (including phenoxy) is 3. The van der Waals surface area contributed by atoms with Crippen molar-refractivity contribution in [1.29, 1.82) is 0 Å². The lowest BCUT2D eigenvalue weighted by molar-refractivity contribution is -0.154. The molecule has 0 aliphatic carbocycles. The normalized spacial score (nSPS) is 17.7. The van der Waals surface area contributed by atoms with Gasteiger partial charge in [0.15, 0.2) is 12.7 Å². The van der Waals surface area contributed by atoms with Crippen LogP contribution in [0.4, 0.5) is 0 Å². The number of carbonyl (C=O) groups is 4. The monoisotopic (exact) mass is 616 g/mol. The Morgan fingerprint density at radius 2 is 1.58 bits per heavy atom. The van der Waals surface area contributed by atoms with Gasteiger partial charge in [-0.3, -0.25) is 14.5 Å². The van der Waals surface area contributed by atoms with Crippen molar-refractivity contribution >= 4 is 47.3 Å². The molecule has 1 N–H and O–H groups in total. The van der Waals surface area contributed by atoms with Crippen molar-refractivity contribution in [2.75, 3.05) is 19.5 Å². The summed E-state index contributed by atoms with van der Waals surface area (Å²) >= 11 is 2.53. The number of hydrogen-bond acceptors (Lipinski definition) is 9. The number of para-hydroxylation sites is 1. The van der Waals surface area contributed by atoms with Gasteiger partial charge in [-0.2, -0.15) is 0 Å². The van der Waals surface area contributed by atoms with Gasteiger partial charge in [-0.15, -0.1) is 11.8 Å². The number of rotatable bonds is 11. The van der Waals surface area contributed by atoms with E-state index >= 15 is 0 Å². The minimum Gasteiger partial charge on any atom is -0.484 e. The summed E-state index contributed by atoms with van der Waals surface area (Å²) in [6.45, 7) is -0.259. The number of carbonyl (C=O) groups excluding carboxylic acids is 4. The van der Waals surface area contributed by atoms with E-state index in [-0.39, 0.29) is 12.3 Å². The minimum absolute atomic E-state index is 0.0798. The molecular formula is C32H28N2O7S2. The smallest absolute Gasteiger partial charge is 0.356 e. The van der Waals surface area contributed by atoms with Crippen LogP contribution in [0.15, 0.2) is 113 Å². The van der Waals surface area contributed by atoms with Gasteiger partial charge in [0.2, 0.25) is 0 Å².